The Kier molecular flexibility index (Phi) is 3.18. The van der Waals surface area contributed by atoms with Crippen molar-refractivity contribution in [1.29, 1.82) is 0 Å². The number of hydrogen-bond donors (Lipinski definition) is 0. The summed E-state index contributed by atoms with van der Waals surface area (Å²) in [6, 6.07) is 33.7. The molecule has 0 aliphatic heterocycles. The highest BCUT2D eigenvalue weighted by molar-refractivity contribution is 6.19. The molecule has 0 saturated heterocycles. The van der Waals surface area contributed by atoms with E-state index in [4.69, 9.17) is 11.6 Å². The van der Waals surface area contributed by atoms with Gasteiger partial charge in [-0.2, -0.15) is 0 Å². The van der Waals surface area contributed by atoms with Crippen LogP contribution >= 0.6 is 0 Å². The van der Waals surface area contributed by atoms with E-state index in [1.54, 1.807) is 0 Å². The molecule has 0 aliphatic rings. The Morgan fingerprint density at radius 3 is 2.29 bits per heavy atom. The highest BCUT2D eigenvalue weighted by atomic mass is 15.2. The summed E-state index contributed by atoms with van der Waals surface area (Å²) in [5.41, 5.74) is 8.16. The Morgan fingerprint density at radius 2 is 1.41 bits per heavy atom. The summed E-state index contributed by atoms with van der Waals surface area (Å²) in [4.78, 5) is 8.85. The molecular formula is C30H16N4. The van der Waals surface area contributed by atoms with Gasteiger partial charge in [-0.15, -0.1) is 0 Å². The normalized spacial score (nSPS) is 12.1. The zero-order chi connectivity index (χ0) is 22.4. The molecule has 0 N–H and O–H groups in total. The fourth-order valence-electron chi connectivity index (χ4n) is 5.56. The third-order valence-electron chi connectivity index (χ3n) is 7.03. The van der Waals surface area contributed by atoms with Crippen LogP contribution < -0.4 is 0 Å². The van der Waals surface area contributed by atoms with Crippen molar-refractivity contribution in [3.05, 3.63) is 108 Å². The van der Waals surface area contributed by atoms with E-state index in [-0.39, 0.29) is 0 Å². The average Bonchev–Trinajstić information content (AvgIpc) is 3.52. The third kappa shape index (κ3) is 2.09. The summed E-state index contributed by atoms with van der Waals surface area (Å²) in [5, 5.41) is 4.82. The Balaban J connectivity index is 1.66. The Labute approximate surface area is 194 Å². The minimum absolute atomic E-state index is 0.664. The summed E-state index contributed by atoms with van der Waals surface area (Å²) in [7, 11) is 0. The minimum Gasteiger partial charge on any atom is -0.277 e. The number of hydrogen-bond acceptors (Lipinski definition) is 1. The van der Waals surface area contributed by atoms with E-state index in [1.807, 2.05) is 30.3 Å². The SMILES string of the molecule is [C-]#[N+]c1ccccc1-c1cc2c3cc4ccccc4cc3n3c2c(c1)n1c2ccccc2nc13. The Morgan fingerprint density at radius 1 is 0.647 bits per heavy atom. The molecule has 34 heavy (non-hydrogen) atoms. The molecule has 0 saturated carbocycles. The van der Waals surface area contributed by atoms with Crippen molar-refractivity contribution < 1.29 is 0 Å². The van der Waals surface area contributed by atoms with Crippen molar-refractivity contribution >= 4 is 60.6 Å². The maximum Gasteiger partial charge on any atom is 0.220 e. The van der Waals surface area contributed by atoms with E-state index in [9.17, 15) is 0 Å². The fraction of sp³-hybridized carbons (Fsp3) is 0. The summed E-state index contributed by atoms with van der Waals surface area (Å²) in [6.45, 7) is 7.70. The predicted octanol–water partition coefficient (Wildman–Crippen LogP) is 7.86. The number of nitrogens with zero attached hydrogens (tertiary/aromatic N) is 4. The number of rotatable bonds is 1. The van der Waals surface area contributed by atoms with E-state index in [0.717, 1.165) is 39.0 Å². The van der Waals surface area contributed by atoms with Crippen molar-refractivity contribution in [2.24, 2.45) is 0 Å². The smallest absolute Gasteiger partial charge is 0.220 e. The topological polar surface area (TPSA) is 26.1 Å². The van der Waals surface area contributed by atoms with Crippen molar-refractivity contribution in [3.63, 3.8) is 0 Å². The molecule has 0 amide bonds. The van der Waals surface area contributed by atoms with E-state index in [0.29, 0.717) is 5.69 Å². The number of imidazole rings is 2. The zero-order valence-corrected chi connectivity index (χ0v) is 18.0. The lowest BCUT2D eigenvalue weighted by Gasteiger charge is -2.06. The molecule has 3 heterocycles. The van der Waals surface area contributed by atoms with Gasteiger partial charge in [0.05, 0.1) is 34.2 Å². The van der Waals surface area contributed by atoms with Gasteiger partial charge < -0.3 is 0 Å². The third-order valence-corrected chi connectivity index (χ3v) is 7.03. The number of para-hydroxylation sites is 3. The standard InChI is InChI=1S/C30H16N4/c1-31-24-11-5-4-10-21(24)20-15-23-22-14-18-8-2-3-9-19(18)16-27(22)34-29(23)28(17-20)33-26-13-7-6-12-25(26)32-30(33)34/h2-17H. The van der Waals surface area contributed by atoms with Crippen molar-refractivity contribution in [3.8, 4) is 11.1 Å². The van der Waals surface area contributed by atoms with Gasteiger partial charge in [0, 0.05) is 10.8 Å². The van der Waals surface area contributed by atoms with E-state index in [1.165, 1.54) is 27.1 Å². The first-order valence-electron chi connectivity index (χ1n) is 11.3. The lowest BCUT2D eigenvalue weighted by molar-refractivity contribution is 1.22. The van der Waals surface area contributed by atoms with Gasteiger partial charge in [-0.1, -0.05) is 60.7 Å². The van der Waals surface area contributed by atoms with Crippen molar-refractivity contribution in [2.45, 2.75) is 0 Å². The van der Waals surface area contributed by atoms with Crippen molar-refractivity contribution in [1.82, 2.24) is 13.8 Å². The van der Waals surface area contributed by atoms with Crippen LogP contribution in [0, 0.1) is 6.57 Å². The number of aromatic nitrogens is 3. The predicted molar refractivity (Wildman–Crippen MR) is 139 cm³/mol. The molecule has 5 aromatic carbocycles. The van der Waals surface area contributed by atoms with Crippen LogP contribution in [0.15, 0.2) is 97.1 Å². The highest BCUT2D eigenvalue weighted by Gasteiger charge is 2.22. The molecule has 3 aromatic heterocycles. The maximum atomic E-state index is 7.70. The van der Waals surface area contributed by atoms with Gasteiger partial charge in [0.1, 0.15) is 0 Å². The first-order valence-corrected chi connectivity index (χ1v) is 11.3. The van der Waals surface area contributed by atoms with E-state index < -0.39 is 0 Å². The quantitative estimate of drug-likeness (QED) is 0.243. The monoisotopic (exact) mass is 432 g/mol. The van der Waals surface area contributed by atoms with Crippen LogP contribution in [0.1, 0.15) is 0 Å². The molecule has 0 atom stereocenters. The maximum absolute atomic E-state index is 7.70. The van der Waals surface area contributed by atoms with E-state index in [2.05, 4.69) is 80.4 Å². The average molecular weight is 432 g/mol. The van der Waals surface area contributed by atoms with Gasteiger partial charge in [0.2, 0.25) is 5.78 Å². The molecule has 0 spiro atoms. The molecule has 4 heteroatoms. The molecule has 4 nitrogen and oxygen atoms in total. The second-order valence-electron chi connectivity index (χ2n) is 8.81. The second kappa shape index (κ2) is 6.12. The van der Waals surface area contributed by atoms with Gasteiger partial charge in [-0.3, -0.25) is 8.80 Å². The molecule has 8 aromatic rings. The number of benzene rings is 5. The van der Waals surface area contributed by atoms with Crippen LogP contribution in [0.5, 0.6) is 0 Å². The van der Waals surface area contributed by atoms with Crippen molar-refractivity contribution in [2.75, 3.05) is 0 Å². The van der Waals surface area contributed by atoms with Crippen LogP contribution in [-0.4, -0.2) is 13.8 Å². The molecule has 156 valence electrons. The van der Waals surface area contributed by atoms with Crippen LogP contribution in [-0.2, 0) is 0 Å². The zero-order valence-electron chi connectivity index (χ0n) is 18.0. The second-order valence-corrected chi connectivity index (χ2v) is 8.81. The van der Waals surface area contributed by atoms with Crippen LogP contribution in [0.25, 0.3) is 70.9 Å². The fourth-order valence-corrected chi connectivity index (χ4v) is 5.56. The lowest BCUT2D eigenvalue weighted by Crippen LogP contribution is -1.85. The summed E-state index contributed by atoms with van der Waals surface area (Å²) in [6.07, 6.45) is 0. The van der Waals surface area contributed by atoms with E-state index >= 15 is 0 Å². The molecule has 8 rings (SSSR count). The van der Waals surface area contributed by atoms with Crippen LogP contribution in [0.3, 0.4) is 0 Å². The van der Waals surface area contributed by atoms with Crippen LogP contribution in [0.4, 0.5) is 5.69 Å². The summed E-state index contributed by atoms with van der Waals surface area (Å²) < 4.78 is 4.56. The number of fused-ring (bicyclic) bond motifs is 9. The van der Waals surface area contributed by atoms with Gasteiger partial charge >= 0.3 is 0 Å². The lowest BCUT2D eigenvalue weighted by atomic mass is 9.99. The molecule has 0 unspecified atom stereocenters. The summed E-state index contributed by atoms with van der Waals surface area (Å²) >= 11 is 0. The highest BCUT2D eigenvalue weighted by Crippen LogP contribution is 2.42. The molecule has 0 fully saturated rings. The first-order chi connectivity index (χ1) is 16.8. The van der Waals surface area contributed by atoms with Gasteiger partial charge in [-0.25, -0.2) is 9.83 Å². The largest absolute Gasteiger partial charge is 0.277 e. The van der Waals surface area contributed by atoms with Gasteiger partial charge in [0.15, 0.2) is 5.69 Å². The Bertz CT molecular complexity index is 2140. The Hall–Kier alpha value is -4.88. The van der Waals surface area contributed by atoms with Crippen LogP contribution in [0.2, 0.25) is 0 Å². The molecule has 0 aliphatic carbocycles. The molecule has 0 bridgehead atoms. The van der Waals surface area contributed by atoms with Gasteiger partial charge in [-0.05, 0) is 58.3 Å². The minimum atomic E-state index is 0.664. The molecular weight excluding hydrogens is 416 g/mol. The van der Waals surface area contributed by atoms with Gasteiger partial charge in [0.25, 0.3) is 0 Å². The summed E-state index contributed by atoms with van der Waals surface area (Å²) in [5.74, 6) is 0.919. The molecule has 0 radical (unpaired) electrons. The first kappa shape index (κ1) is 17.6.